The highest BCUT2D eigenvalue weighted by atomic mass is 19.4. The number of alkyl halides is 3. The van der Waals surface area contributed by atoms with E-state index >= 15 is 0 Å². The summed E-state index contributed by atoms with van der Waals surface area (Å²) in [5.41, 5.74) is 0.597. The van der Waals surface area contributed by atoms with E-state index in [0.717, 1.165) is 0 Å². The van der Waals surface area contributed by atoms with Crippen molar-refractivity contribution in [3.05, 3.63) is 66.2 Å². The number of hydrogen-bond acceptors (Lipinski definition) is 3. The SMILES string of the molecule is O=C(O)[C@H](Cc1ccccc1)N(OC(F)(F)F)c1ccccc1. The fraction of sp³-hybridized carbons (Fsp3) is 0.188. The minimum Gasteiger partial charge on any atom is -0.480 e. The van der Waals surface area contributed by atoms with Gasteiger partial charge in [0.25, 0.3) is 0 Å². The van der Waals surface area contributed by atoms with Crippen molar-refractivity contribution in [2.24, 2.45) is 0 Å². The van der Waals surface area contributed by atoms with Crippen molar-refractivity contribution in [3.63, 3.8) is 0 Å². The highest BCUT2D eigenvalue weighted by Gasteiger charge is 2.39. The van der Waals surface area contributed by atoms with Crippen LogP contribution in [-0.4, -0.2) is 23.5 Å². The summed E-state index contributed by atoms with van der Waals surface area (Å²) in [6.45, 7) is 0. The molecule has 23 heavy (non-hydrogen) atoms. The second-order valence-electron chi connectivity index (χ2n) is 4.74. The molecule has 1 atom stereocenters. The number of halogens is 3. The van der Waals surface area contributed by atoms with Gasteiger partial charge in [-0.3, -0.25) is 0 Å². The average molecular weight is 325 g/mol. The number of benzene rings is 2. The van der Waals surface area contributed by atoms with E-state index in [2.05, 4.69) is 4.84 Å². The van der Waals surface area contributed by atoms with Crippen LogP contribution >= 0.6 is 0 Å². The highest BCUT2D eigenvalue weighted by molar-refractivity contribution is 5.78. The predicted octanol–water partition coefficient (Wildman–Crippen LogP) is 3.64. The summed E-state index contributed by atoms with van der Waals surface area (Å²) >= 11 is 0. The van der Waals surface area contributed by atoms with Crippen LogP contribution in [0.5, 0.6) is 0 Å². The Morgan fingerprint density at radius 1 is 1.04 bits per heavy atom. The fourth-order valence-electron chi connectivity index (χ4n) is 2.09. The Morgan fingerprint density at radius 3 is 2.04 bits per heavy atom. The van der Waals surface area contributed by atoms with Crippen molar-refractivity contribution < 1.29 is 27.9 Å². The Bertz CT molecular complexity index is 632. The third-order valence-corrected chi connectivity index (χ3v) is 3.05. The molecule has 0 aliphatic carbocycles. The molecule has 0 heterocycles. The number of carbonyl (C=O) groups is 1. The number of anilines is 1. The van der Waals surface area contributed by atoms with Gasteiger partial charge in [0.15, 0.2) is 6.04 Å². The average Bonchev–Trinajstić information content (AvgIpc) is 2.51. The molecule has 0 saturated heterocycles. The van der Waals surface area contributed by atoms with E-state index in [-0.39, 0.29) is 12.1 Å². The largest absolute Gasteiger partial charge is 0.544 e. The van der Waals surface area contributed by atoms with Crippen LogP contribution in [0.4, 0.5) is 18.9 Å². The lowest BCUT2D eigenvalue weighted by Crippen LogP contribution is -2.46. The minimum atomic E-state index is -5.00. The Kier molecular flexibility index (Phi) is 5.23. The van der Waals surface area contributed by atoms with Crippen molar-refractivity contribution in [1.29, 1.82) is 0 Å². The molecule has 0 bridgehead atoms. The molecule has 0 spiro atoms. The zero-order valence-corrected chi connectivity index (χ0v) is 11.9. The van der Waals surface area contributed by atoms with Gasteiger partial charge in [0, 0.05) is 6.42 Å². The van der Waals surface area contributed by atoms with Gasteiger partial charge in [-0.25, -0.2) is 9.86 Å². The van der Waals surface area contributed by atoms with Gasteiger partial charge in [0.1, 0.15) is 0 Å². The van der Waals surface area contributed by atoms with Gasteiger partial charge in [0.2, 0.25) is 0 Å². The predicted molar refractivity (Wildman–Crippen MR) is 77.6 cm³/mol. The maximum Gasteiger partial charge on any atom is 0.544 e. The summed E-state index contributed by atoms with van der Waals surface area (Å²) in [5, 5.41) is 9.76. The standard InChI is InChI=1S/C16H14F3NO3/c17-16(18,19)23-20(13-9-5-2-6-10-13)14(15(21)22)11-12-7-3-1-4-8-12/h1-10,14H,11H2,(H,21,22)/t14-/m0/s1. The zero-order valence-electron chi connectivity index (χ0n) is 11.9. The van der Waals surface area contributed by atoms with Crippen molar-refractivity contribution in [2.45, 2.75) is 18.8 Å². The van der Waals surface area contributed by atoms with Crippen LogP contribution in [0.25, 0.3) is 0 Å². The van der Waals surface area contributed by atoms with Crippen molar-refractivity contribution >= 4 is 11.7 Å². The quantitative estimate of drug-likeness (QED) is 0.824. The second-order valence-corrected chi connectivity index (χ2v) is 4.74. The van der Waals surface area contributed by atoms with Gasteiger partial charge in [-0.1, -0.05) is 48.5 Å². The lowest BCUT2D eigenvalue weighted by atomic mass is 10.1. The van der Waals surface area contributed by atoms with E-state index in [0.29, 0.717) is 10.6 Å². The minimum absolute atomic E-state index is 0.00755. The molecule has 0 aromatic heterocycles. The van der Waals surface area contributed by atoms with Gasteiger partial charge in [-0.05, 0) is 17.7 Å². The number of carboxylic acids is 1. The molecule has 4 nitrogen and oxygen atoms in total. The van der Waals surface area contributed by atoms with Gasteiger partial charge < -0.3 is 5.11 Å². The highest BCUT2D eigenvalue weighted by Crippen LogP contribution is 2.27. The molecule has 0 aliphatic rings. The molecule has 0 fully saturated rings. The first-order valence-corrected chi connectivity index (χ1v) is 6.74. The Hall–Kier alpha value is -2.54. The molecule has 2 rings (SSSR count). The molecule has 0 unspecified atom stereocenters. The molecule has 2 aromatic carbocycles. The third-order valence-electron chi connectivity index (χ3n) is 3.05. The molecule has 122 valence electrons. The molecule has 0 amide bonds. The van der Waals surface area contributed by atoms with Crippen molar-refractivity contribution in [3.8, 4) is 0 Å². The Morgan fingerprint density at radius 2 is 1.57 bits per heavy atom. The van der Waals surface area contributed by atoms with E-state index in [1.54, 1.807) is 36.4 Å². The van der Waals surface area contributed by atoms with E-state index < -0.39 is 18.4 Å². The summed E-state index contributed by atoms with van der Waals surface area (Å²) in [4.78, 5) is 15.5. The number of carboxylic acid groups (broad SMARTS) is 1. The molecular formula is C16H14F3NO3. The summed E-state index contributed by atoms with van der Waals surface area (Å²) in [6, 6.07) is 14.2. The van der Waals surface area contributed by atoms with Gasteiger partial charge in [-0.2, -0.15) is 4.84 Å². The van der Waals surface area contributed by atoms with E-state index in [9.17, 15) is 23.1 Å². The van der Waals surface area contributed by atoms with E-state index in [4.69, 9.17) is 0 Å². The summed E-state index contributed by atoms with van der Waals surface area (Å²) in [6.07, 6.45) is -5.14. The number of hydroxylamine groups is 1. The monoisotopic (exact) mass is 325 g/mol. The number of para-hydroxylation sites is 1. The Balaban J connectivity index is 2.34. The smallest absolute Gasteiger partial charge is 0.480 e. The first-order chi connectivity index (χ1) is 10.9. The van der Waals surface area contributed by atoms with Crippen LogP contribution in [0.3, 0.4) is 0 Å². The van der Waals surface area contributed by atoms with Gasteiger partial charge >= 0.3 is 12.3 Å². The normalized spacial score (nSPS) is 12.7. The molecule has 0 radical (unpaired) electrons. The molecule has 0 aliphatic heterocycles. The fourth-order valence-corrected chi connectivity index (χ4v) is 2.09. The lowest BCUT2D eigenvalue weighted by molar-refractivity contribution is -0.332. The summed E-state index contributed by atoms with van der Waals surface area (Å²) in [7, 11) is 0. The van der Waals surface area contributed by atoms with Gasteiger partial charge in [0.05, 0.1) is 5.69 Å². The van der Waals surface area contributed by atoms with Gasteiger partial charge in [-0.15, -0.1) is 13.2 Å². The maximum atomic E-state index is 12.7. The zero-order chi connectivity index (χ0) is 16.9. The Labute approximate surface area is 130 Å². The molecule has 0 saturated carbocycles. The number of hydrogen-bond donors (Lipinski definition) is 1. The molecule has 7 heteroatoms. The topological polar surface area (TPSA) is 49.8 Å². The summed E-state index contributed by atoms with van der Waals surface area (Å²) in [5.74, 6) is -1.41. The third kappa shape index (κ3) is 5.00. The lowest BCUT2D eigenvalue weighted by Gasteiger charge is -2.30. The number of nitrogens with zero attached hydrogens (tertiary/aromatic N) is 1. The maximum absolute atomic E-state index is 12.7. The van der Waals surface area contributed by atoms with Crippen LogP contribution < -0.4 is 5.06 Å². The molecule has 1 N–H and O–H groups in total. The second kappa shape index (κ2) is 7.15. The van der Waals surface area contributed by atoms with Crippen molar-refractivity contribution in [2.75, 3.05) is 5.06 Å². The van der Waals surface area contributed by atoms with E-state index in [1.165, 1.54) is 24.3 Å². The van der Waals surface area contributed by atoms with Crippen LogP contribution in [0.2, 0.25) is 0 Å². The number of aliphatic carboxylic acids is 1. The van der Waals surface area contributed by atoms with Crippen LogP contribution in [-0.2, 0) is 16.1 Å². The van der Waals surface area contributed by atoms with E-state index in [1.807, 2.05) is 0 Å². The van der Waals surface area contributed by atoms with Crippen LogP contribution in [0.15, 0.2) is 60.7 Å². The van der Waals surface area contributed by atoms with Crippen LogP contribution in [0.1, 0.15) is 5.56 Å². The van der Waals surface area contributed by atoms with Crippen molar-refractivity contribution in [1.82, 2.24) is 0 Å². The number of rotatable bonds is 6. The first kappa shape index (κ1) is 16.8. The summed E-state index contributed by atoms with van der Waals surface area (Å²) < 4.78 is 38.1. The van der Waals surface area contributed by atoms with Crippen LogP contribution in [0, 0.1) is 0 Å². The first-order valence-electron chi connectivity index (χ1n) is 6.74. The molecule has 2 aromatic rings. The molecular weight excluding hydrogens is 311 g/mol.